The Bertz CT molecular complexity index is 780. The van der Waals surface area contributed by atoms with Crippen LogP contribution in [0.3, 0.4) is 0 Å². The molecule has 1 amide bonds. The fourth-order valence-electron chi connectivity index (χ4n) is 3.82. The summed E-state index contributed by atoms with van der Waals surface area (Å²) in [4.78, 5) is 24.0. The number of nitrogens with zero attached hydrogens (tertiary/aromatic N) is 5. The van der Waals surface area contributed by atoms with Gasteiger partial charge in [0, 0.05) is 23.5 Å². The molecule has 0 bridgehead atoms. The second-order valence-electron chi connectivity index (χ2n) is 7.46. The Morgan fingerprint density at radius 3 is 2.56 bits per heavy atom. The van der Waals surface area contributed by atoms with E-state index in [0.29, 0.717) is 24.4 Å². The van der Waals surface area contributed by atoms with Crippen molar-refractivity contribution in [2.24, 2.45) is 0 Å². The SMILES string of the molecule is CCC1CCCCCN1CC(=O)Nc1cc(C)nn1-c1nc(C)cc(C)n1. The standard InChI is InChI=1S/C20H30N6O/c1-5-17-9-7-6-8-10-25(17)13-19(27)23-18-12-16(4)24-26(18)20-21-14(2)11-15(3)22-20/h11-12,17H,5-10,13H2,1-4H3,(H,23,27). The van der Waals surface area contributed by atoms with E-state index in [1.54, 1.807) is 4.68 Å². The summed E-state index contributed by atoms with van der Waals surface area (Å²) in [5.74, 6) is 1.09. The lowest BCUT2D eigenvalue weighted by Gasteiger charge is -2.28. The number of hydrogen-bond donors (Lipinski definition) is 1. The molecule has 1 atom stereocenters. The van der Waals surface area contributed by atoms with Gasteiger partial charge in [0.1, 0.15) is 5.82 Å². The van der Waals surface area contributed by atoms with Gasteiger partial charge < -0.3 is 5.32 Å². The fourth-order valence-corrected chi connectivity index (χ4v) is 3.82. The van der Waals surface area contributed by atoms with Crippen LogP contribution in [-0.4, -0.2) is 49.7 Å². The maximum absolute atomic E-state index is 12.7. The number of hydrogen-bond acceptors (Lipinski definition) is 5. The van der Waals surface area contributed by atoms with Gasteiger partial charge in [0.25, 0.3) is 5.95 Å². The van der Waals surface area contributed by atoms with E-state index >= 15 is 0 Å². The summed E-state index contributed by atoms with van der Waals surface area (Å²) < 4.78 is 1.62. The predicted molar refractivity (Wildman–Crippen MR) is 106 cm³/mol. The van der Waals surface area contributed by atoms with Crippen LogP contribution in [-0.2, 0) is 4.79 Å². The molecule has 7 nitrogen and oxygen atoms in total. The minimum atomic E-state index is -0.0131. The fraction of sp³-hybridized carbons (Fsp3) is 0.600. The highest BCUT2D eigenvalue weighted by atomic mass is 16.2. The predicted octanol–water partition coefficient (Wildman–Crippen LogP) is 3.18. The summed E-state index contributed by atoms with van der Waals surface area (Å²) in [7, 11) is 0. The normalized spacial score (nSPS) is 18.3. The Morgan fingerprint density at radius 2 is 1.85 bits per heavy atom. The third-order valence-electron chi connectivity index (χ3n) is 5.08. The Kier molecular flexibility index (Phi) is 6.21. The monoisotopic (exact) mass is 370 g/mol. The van der Waals surface area contributed by atoms with Gasteiger partial charge in [-0.25, -0.2) is 9.97 Å². The van der Waals surface area contributed by atoms with Crippen molar-refractivity contribution >= 4 is 11.7 Å². The molecule has 0 spiro atoms. The van der Waals surface area contributed by atoms with Crippen LogP contribution in [0.4, 0.5) is 5.82 Å². The third-order valence-corrected chi connectivity index (χ3v) is 5.08. The van der Waals surface area contributed by atoms with Crippen molar-refractivity contribution in [1.82, 2.24) is 24.6 Å². The molecule has 1 N–H and O–H groups in total. The molecule has 1 fully saturated rings. The first kappa shape index (κ1) is 19.5. The van der Waals surface area contributed by atoms with Crippen molar-refractivity contribution < 1.29 is 4.79 Å². The Balaban J connectivity index is 1.76. The summed E-state index contributed by atoms with van der Waals surface area (Å²) in [6.45, 7) is 9.36. The first-order chi connectivity index (χ1) is 13.0. The number of aromatic nitrogens is 4. The minimum absolute atomic E-state index is 0.0131. The number of aryl methyl sites for hydroxylation is 3. The van der Waals surface area contributed by atoms with Crippen molar-refractivity contribution in [1.29, 1.82) is 0 Å². The minimum Gasteiger partial charge on any atom is -0.309 e. The number of anilines is 1. The van der Waals surface area contributed by atoms with E-state index in [9.17, 15) is 4.79 Å². The highest BCUT2D eigenvalue weighted by Gasteiger charge is 2.22. The van der Waals surface area contributed by atoms with Gasteiger partial charge in [-0.05, 0) is 52.6 Å². The molecule has 1 unspecified atom stereocenters. The maximum Gasteiger partial charge on any atom is 0.252 e. The summed E-state index contributed by atoms with van der Waals surface area (Å²) >= 11 is 0. The van der Waals surface area contributed by atoms with E-state index < -0.39 is 0 Å². The van der Waals surface area contributed by atoms with Crippen LogP contribution in [0, 0.1) is 20.8 Å². The van der Waals surface area contributed by atoms with Crippen molar-refractivity contribution in [2.75, 3.05) is 18.4 Å². The number of carbonyl (C=O) groups is 1. The molecule has 2 aromatic rings. The Labute approximate surface area is 161 Å². The number of amides is 1. The average molecular weight is 371 g/mol. The molecule has 3 heterocycles. The molecular weight excluding hydrogens is 340 g/mol. The lowest BCUT2D eigenvalue weighted by Crippen LogP contribution is -2.40. The molecule has 1 saturated heterocycles. The van der Waals surface area contributed by atoms with Crippen molar-refractivity contribution in [3.05, 3.63) is 29.2 Å². The van der Waals surface area contributed by atoms with E-state index in [-0.39, 0.29) is 5.91 Å². The van der Waals surface area contributed by atoms with E-state index in [0.717, 1.165) is 36.5 Å². The van der Waals surface area contributed by atoms with Gasteiger partial charge in [-0.2, -0.15) is 9.78 Å². The molecule has 7 heteroatoms. The highest BCUT2D eigenvalue weighted by Crippen LogP contribution is 2.20. The van der Waals surface area contributed by atoms with Crippen LogP contribution in [0.2, 0.25) is 0 Å². The Hall–Kier alpha value is -2.28. The van der Waals surface area contributed by atoms with E-state index in [1.807, 2.05) is 32.9 Å². The van der Waals surface area contributed by atoms with Gasteiger partial charge in [0.15, 0.2) is 0 Å². The number of rotatable bonds is 5. The first-order valence-electron chi connectivity index (χ1n) is 9.89. The molecule has 27 heavy (non-hydrogen) atoms. The molecule has 0 aromatic carbocycles. The molecule has 0 radical (unpaired) electrons. The van der Waals surface area contributed by atoms with Crippen molar-refractivity contribution in [3.8, 4) is 5.95 Å². The van der Waals surface area contributed by atoms with Gasteiger partial charge in [-0.1, -0.05) is 19.8 Å². The van der Waals surface area contributed by atoms with E-state index in [2.05, 4.69) is 32.2 Å². The Morgan fingerprint density at radius 1 is 1.11 bits per heavy atom. The molecule has 3 rings (SSSR count). The second-order valence-corrected chi connectivity index (χ2v) is 7.46. The lowest BCUT2D eigenvalue weighted by atomic mass is 10.1. The summed E-state index contributed by atoms with van der Waals surface area (Å²) in [6.07, 6.45) is 5.94. The zero-order chi connectivity index (χ0) is 19.4. The second kappa shape index (κ2) is 8.61. The maximum atomic E-state index is 12.7. The summed E-state index contributed by atoms with van der Waals surface area (Å²) in [6, 6.07) is 4.27. The topological polar surface area (TPSA) is 75.9 Å². The van der Waals surface area contributed by atoms with E-state index in [4.69, 9.17) is 0 Å². The van der Waals surface area contributed by atoms with Gasteiger partial charge in [0.2, 0.25) is 5.91 Å². The van der Waals surface area contributed by atoms with E-state index in [1.165, 1.54) is 19.3 Å². The largest absolute Gasteiger partial charge is 0.309 e. The third kappa shape index (κ3) is 4.91. The smallest absolute Gasteiger partial charge is 0.252 e. The van der Waals surface area contributed by atoms with Crippen molar-refractivity contribution in [2.45, 2.75) is 65.8 Å². The quantitative estimate of drug-likeness (QED) is 0.875. The van der Waals surface area contributed by atoms with Crippen LogP contribution in [0.5, 0.6) is 0 Å². The van der Waals surface area contributed by atoms with Crippen LogP contribution < -0.4 is 5.32 Å². The zero-order valence-corrected chi connectivity index (χ0v) is 16.8. The van der Waals surface area contributed by atoms with Gasteiger partial charge >= 0.3 is 0 Å². The average Bonchev–Trinajstić information content (AvgIpc) is 2.82. The van der Waals surface area contributed by atoms with Gasteiger partial charge in [0.05, 0.1) is 12.2 Å². The van der Waals surface area contributed by atoms with Crippen LogP contribution in [0.1, 0.15) is 56.1 Å². The summed E-state index contributed by atoms with van der Waals surface area (Å²) in [5, 5.41) is 7.49. The van der Waals surface area contributed by atoms with Gasteiger partial charge in [-0.15, -0.1) is 0 Å². The molecule has 0 saturated carbocycles. The lowest BCUT2D eigenvalue weighted by molar-refractivity contribution is -0.117. The molecule has 1 aliphatic heterocycles. The van der Waals surface area contributed by atoms with Gasteiger partial charge in [-0.3, -0.25) is 9.69 Å². The number of likely N-dealkylation sites (tertiary alicyclic amines) is 1. The number of nitrogens with one attached hydrogen (secondary N) is 1. The van der Waals surface area contributed by atoms with Crippen molar-refractivity contribution in [3.63, 3.8) is 0 Å². The highest BCUT2D eigenvalue weighted by molar-refractivity contribution is 5.91. The number of carbonyl (C=O) groups excluding carboxylic acids is 1. The molecular formula is C20H30N6O. The molecule has 2 aromatic heterocycles. The first-order valence-corrected chi connectivity index (χ1v) is 9.89. The molecule has 146 valence electrons. The molecule has 1 aliphatic rings. The van der Waals surface area contributed by atoms with Crippen LogP contribution in [0.15, 0.2) is 12.1 Å². The zero-order valence-electron chi connectivity index (χ0n) is 16.8. The summed E-state index contributed by atoms with van der Waals surface area (Å²) in [5.41, 5.74) is 2.56. The van der Waals surface area contributed by atoms with Crippen LogP contribution >= 0.6 is 0 Å². The molecule has 0 aliphatic carbocycles. The van der Waals surface area contributed by atoms with Crippen LogP contribution in [0.25, 0.3) is 5.95 Å².